The number of nitrogens with zero attached hydrogens (tertiary/aromatic N) is 2. The zero-order chi connectivity index (χ0) is 13.2. The molecule has 3 aromatic rings. The first-order valence-corrected chi connectivity index (χ1v) is 6.80. The molecule has 0 spiro atoms. The predicted molar refractivity (Wildman–Crippen MR) is 78.7 cm³/mol. The van der Waals surface area contributed by atoms with Gasteiger partial charge in [0, 0.05) is 10.9 Å². The molecule has 1 aromatic carbocycles. The average molecular weight is 317 g/mol. The maximum Gasteiger partial charge on any atom is 0.135 e. The molecule has 0 saturated carbocycles. The van der Waals surface area contributed by atoms with Crippen LogP contribution < -0.4 is 4.74 Å². The lowest BCUT2D eigenvalue weighted by Gasteiger charge is -2.05. The van der Waals surface area contributed by atoms with Crippen LogP contribution in [-0.4, -0.2) is 16.5 Å². The molecule has 3 rings (SSSR count). The molecule has 2 aromatic heterocycles. The highest BCUT2D eigenvalue weighted by molar-refractivity contribution is 9.10. The van der Waals surface area contributed by atoms with Gasteiger partial charge in [-0.1, -0.05) is 28.1 Å². The molecule has 0 aliphatic carbocycles. The molecule has 0 atom stereocenters. The smallest absolute Gasteiger partial charge is 0.135 e. The Morgan fingerprint density at radius 1 is 1.26 bits per heavy atom. The summed E-state index contributed by atoms with van der Waals surface area (Å²) in [5.41, 5.74) is 2.30. The molecule has 0 aliphatic heterocycles. The quantitative estimate of drug-likeness (QED) is 0.736. The van der Waals surface area contributed by atoms with E-state index < -0.39 is 0 Å². The first kappa shape index (κ1) is 12.2. The number of methoxy groups -OCH3 is 1. The van der Waals surface area contributed by atoms with Crippen molar-refractivity contribution in [3.63, 3.8) is 0 Å². The molecule has 96 valence electrons. The number of imidazole rings is 1. The van der Waals surface area contributed by atoms with Crippen LogP contribution in [0, 0.1) is 0 Å². The summed E-state index contributed by atoms with van der Waals surface area (Å²) >= 11 is 3.49. The summed E-state index contributed by atoms with van der Waals surface area (Å²) in [7, 11) is 1.67. The monoisotopic (exact) mass is 316 g/mol. The highest BCUT2D eigenvalue weighted by Crippen LogP contribution is 2.18. The number of pyridine rings is 1. The number of hydrogen-bond acceptors (Lipinski definition) is 2. The van der Waals surface area contributed by atoms with Gasteiger partial charge in [-0.3, -0.25) is 4.40 Å². The molecule has 0 bridgehead atoms. The van der Waals surface area contributed by atoms with Crippen LogP contribution in [0.1, 0.15) is 11.4 Å². The Morgan fingerprint density at radius 3 is 2.95 bits per heavy atom. The van der Waals surface area contributed by atoms with Crippen molar-refractivity contribution in [3.05, 3.63) is 64.7 Å². The second kappa shape index (κ2) is 5.05. The molecular weight excluding hydrogens is 304 g/mol. The standard InChI is InChI=1S/C15H13BrN2O/c1-19-14-6-5-13-9-17-15(18(13)10-14)8-11-3-2-4-12(16)7-11/h2-7,9-10H,8H2,1H3. The highest BCUT2D eigenvalue weighted by atomic mass is 79.9. The van der Waals surface area contributed by atoms with Crippen LogP contribution in [0.4, 0.5) is 0 Å². The van der Waals surface area contributed by atoms with E-state index in [1.807, 2.05) is 36.7 Å². The summed E-state index contributed by atoms with van der Waals surface area (Å²) in [5.74, 6) is 1.84. The van der Waals surface area contributed by atoms with E-state index in [-0.39, 0.29) is 0 Å². The molecule has 19 heavy (non-hydrogen) atoms. The van der Waals surface area contributed by atoms with Gasteiger partial charge in [0.25, 0.3) is 0 Å². The third kappa shape index (κ3) is 2.49. The Hall–Kier alpha value is -1.81. The predicted octanol–water partition coefficient (Wildman–Crippen LogP) is 3.70. The molecule has 0 saturated heterocycles. The maximum atomic E-state index is 5.26. The van der Waals surface area contributed by atoms with E-state index in [4.69, 9.17) is 4.74 Å². The zero-order valence-electron chi connectivity index (χ0n) is 10.5. The molecule has 0 aliphatic rings. The van der Waals surface area contributed by atoms with Gasteiger partial charge in [0.15, 0.2) is 0 Å². The Balaban J connectivity index is 2.00. The van der Waals surface area contributed by atoms with E-state index in [9.17, 15) is 0 Å². The molecule has 0 radical (unpaired) electrons. The number of ether oxygens (including phenoxy) is 1. The Kier molecular flexibility index (Phi) is 3.25. The molecule has 0 unspecified atom stereocenters. The van der Waals surface area contributed by atoms with E-state index in [1.54, 1.807) is 7.11 Å². The molecule has 4 heteroatoms. The fraction of sp³-hybridized carbons (Fsp3) is 0.133. The van der Waals surface area contributed by atoms with Crippen molar-refractivity contribution in [2.45, 2.75) is 6.42 Å². The first-order chi connectivity index (χ1) is 9.26. The summed E-state index contributed by atoms with van der Waals surface area (Å²) in [4.78, 5) is 4.49. The fourth-order valence-corrected chi connectivity index (χ4v) is 2.55. The van der Waals surface area contributed by atoms with Crippen LogP contribution in [-0.2, 0) is 6.42 Å². The van der Waals surface area contributed by atoms with Crippen molar-refractivity contribution < 1.29 is 4.74 Å². The summed E-state index contributed by atoms with van der Waals surface area (Å²) in [6.45, 7) is 0. The van der Waals surface area contributed by atoms with Crippen LogP contribution >= 0.6 is 15.9 Å². The maximum absolute atomic E-state index is 5.26. The number of fused-ring (bicyclic) bond motifs is 1. The highest BCUT2D eigenvalue weighted by Gasteiger charge is 2.06. The number of rotatable bonds is 3. The van der Waals surface area contributed by atoms with Gasteiger partial charge in [0.05, 0.1) is 25.0 Å². The van der Waals surface area contributed by atoms with E-state index in [2.05, 4.69) is 37.4 Å². The lowest BCUT2D eigenvalue weighted by atomic mass is 10.1. The van der Waals surface area contributed by atoms with E-state index >= 15 is 0 Å². The third-order valence-electron chi connectivity index (χ3n) is 3.06. The van der Waals surface area contributed by atoms with Crippen LogP contribution in [0.5, 0.6) is 5.75 Å². The van der Waals surface area contributed by atoms with Crippen molar-refractivity contribution in [1.29, 1.82) is 0 Å². The molecule has 0 fully saturated rings. The molecular formula is C15H13BrN2O. The number of benzene rings is 1. The Labute approximate surface area is 120 Å². The second-order valence-electron chi connectivity index (χ2n) is 4.34. The SMILES string of the molecule is COc1ccc2cnc(Cc3cccc(Br)c3)n2c1. The first-order valence-electron chi connectivity index (χ1n) is 6.01. The van der Waals surface area contributed by atoms with E-state index in [0.29, 0.717) is 0 Å². The van der Waals surface area contributed by atoms with Crippen molar-refractivity contribution in [1.82, 2.24) is 9.38 Å². The molecule has 0 amide bonds. The van der Waals surface area contributed by atoms with Crippen molar-refractivity contribution in [2.24, 2.45) is 0 Å². The third-order valence-corrected chi connectivity index (χ3v) is 3.56. The van der Waals surface area contributed by atoms with Crippen molar-refractivity contribution in [3.8, 4) is 5.75 Å². The summed E-state index contributed by atoms with van der Waals surface area (Å²) in [5, 5.41) is 0. The largest absolute Gasteiger partial charge is 0.495 e. The minimum absolute atomic E-state index is 0.792. The topological polar surface area (TPSA) is 26.5 Å². The number of hydrogen-bond donors (Lipinski definition) is 0. The van der Waals surface area contributed by atoms with Crippen LogP contribution in [0.25, 0.3) is 5.52 Å². The van der Waals surface area contributed by atoms with Gasteiger partial charge in [-0.2, -0.15) is 0 Å². The van der Waals surface area contributed by atoms with Gasteiger partial charge in [-0.05, 0) is 29.8 Å². The van der Waals surface area contributed by atoms with Gasteiger partial charge in [0.1, 0.15) is 11.6 Å². The van der Waals surface area contributed by atoms with Crippen LogP contribution in [0.15, 0.2) is 53.3 Å². The van der Waals surface area contributed by atoms with E-state index in [1.165, 1.54) is 5.56 Å². The van der Waals surface area contributed by atoms with Crippen LogP contribution in [0.3, 0.4) is 0 Å². The van der Waals surface area contributed by atoms with Crippen LogP contribution in [0.2, 0.25) is 0 Å². The summed E-state index contributed by atoms with van der Waals surface area (Å²) < 4.78 is 8.42. The summed E-state index contributed by atoms with van der Waals surface area (Å²) in [6, 6.07) is 12.2. The van der Waals surface area contributed by atoms with Crippen molar-refractivity contribution >= 4 is 21.4 Å². The van der Waals surface area contributed by atoms with Gasteiger partial charge in [-0.25, -0.2) is 4.98 Å². The van der Waals surface area contributed by atoms with Gasteiger partial charge < -0.3 is 4.74 Å². The van der Waals surface area contributed by atoms with Gasteiger partial charge in [-0.15, -0.1) is 0 Å². The lowest BCUT2D eigenvalue weighted by Crippen LogP contribution is -1.97. The average Bonchev–Trinajstić information content (AvgIpc) is 2.81. The normalized spacial score (nSPS) is 10.8. The fourth-order valence-electron chi connectivity index (χ4n) is 2.11. The minimum Gasteiger partial charge on any atom is -0.495 e. The number of halogens is 1. The molecule has 3 nitrogen and oxygen atoms in total. The van der Waals surface area contributed by atoms with E-state index in [0.717, 1.165) is 28.0 Å². The van der Waals surface area contributed by atoms with Crippen molar-refractivity contribution in [2.75, 3.05) is 7.11 Å². The minimum atomic E-state index is 0.792. The molecule has 2 heterocycles. The van der Waals surface area contributed by atoms with Gasteiger partial charge in [0.2, 0.25) is 0 Å². The van der Waals surface area contributed by atoms with Gasteiger partial charge >= 0.3 is 0 Å². The zero-order valence-corrected chi connectivity index (χ0v) is 12.1. The number of aromatic nitrogens is 2. The second-order valence-corrected chi connectivity index (χ2v) is 5.26. The molecule has 0 N–H and O–H groups in total. The Morgan fingerprint density at radius 2 is 2.16 bits per heavy atom. The lowest BCUT2D eigenvalue weighted by molar-refractivity contribution is 0.412. The summed E-state index contributed by atoms with van der Waals surface area (Å²) in [6.07, 6.45) is 4.64. The Bertz CT molecular complexity index is 721.